The molecule has 4 amide bonds. The zero-order valence-corrected chi connectivity index (χ0v) is 18.5. The minimum Gasteiger partial charge on any atom is -0.497 e. The number of hydrogen-bond acceptors (Lipinski definition) is 5. The van der Waals surface area contributed by atoms with E-state index in [4.69, 9.17) is 9.47 Å². The highest BCUT2D eigenvalue weighted by Gasteiger charge is 2.55. The van der Waals surface area contributed by atoms with E-state index in [0.717, 1.165) is 42.6 Å². The van der Waals surface area contributed by atoms with Crippen LogP contribution in [0.3, 0.4) is 0 Å². The topological polar surface area (TPSA) is 88.2 Å². The molecule has 8 nitrogen and oxygen atoms in total. The minimum absolute atomic E-state index is 0.0679. The number of rotatable bonds is 5. The quantitative estimate of drug-likeness (QED) is 0.727. The maximum Gasteiger partial charge on any atom is 0.325 e. The number of likely N-dealkylation sites (tertiary alicyclic amines) is 1. The summed E-state index contributed by atoms with van der Waals surface area (Å²) in [6.07, 6.45) is 5.13. The highest BCUT2D eigenvalue weighted by atomic mass is 16.5. The van der Waals surface area contributed by atoms with E-state index >= 15 is 0 Å². The lowest BCUT2D eigenvalue weighted by Crippen LogP contribution is -2.54. The van der Waals surface area contributed by atoms with Crippen LogP contribution in [0.2, 0.25) is 0 Å². The number of amides is 4. The fraction of sp³-hybridized carbons (Fsp3) is 0.609. The summed E-state index contributed by atoms with van der Waals surface area (Å²) in [6, 6.07) is 4.91. The van der Waals surface area contributed by atoms with Crippen LogP contribution in [-0.4, -0.2) is 60.5 Å². The van der Waals surface area contributed by atoms with E-state index in [1.165, 1.54) is 0 Å². The number of nitrogens with one attached hydrogen (secondary N) is 1. The third-order valence-corrected chi connectivity index (χ3v) is 7.16. The molecular formula is C23H31N3O5. The predicted molar refractivity (Wildman–Crippen MR) is 114 cm³/mol. The van der Waals surface area contributed by atoms with Crippen molar-refractivity contribution in [1.82, 2.24) is 15.1 Å². The molecule has 2 saturated heterocycles. The van der Waals surface area contributed by atoms with Gasteiger partial charge in [-0.05, 0) is 49.8 Å². The van der Waals surface area contributed by atoms with Crippen LogP contribution in [0.15, 0.2) is 18.2 Å². The van der Waals surface area contributed by atoms with Gasteiger partial charge in [0.1, 0.15) is 23.6 Å². The zero-order chi connectivity index (χ0) is 22.2. The van der Waals surface area contributed by atoms with Gasteiger partial charge in [-0.2, -0.15) is 0 Å². The third-order valence-electron chi connectivity index (χ3n) is 7.16. The van der Waals surface area contributed by atoms with Crippen LogP contribution in [0.4, 0.5) is 4.79 Å². The van der Waals surface area contributed by atoms with Crippen molar-refractivity contribution in [3.63, 3.8) is 0 Å². The standard InChI is InChI=1S/C23H31N3O5/c1-15-7-4-5-11-23(15)21(28)26(22(29)24-23)14-20(27)25-12-6-8-18(25)17-13-16(30-2)9-10-19(17)31-3/h9-10,13,15,18H,4-8,11-12,14H2,1-3H3,(H,24,29)/t15-,18-,23-/m0/s1. The molecule has 3 fully saturated rings. The molecule has 2 aliphatic heterocycles. The van der Waals surface area contributed by atoms with Gasteiger partial charge >= 0.3 is 6.03 Å². The van der Waals surface area contributed by atoms with Crippen molar-refractivity contribution in [2.75, 3.05) is 27.3 Å². The van der Waals surface area contributed by atoms with Crippen LogP contribution in [0, 0.1) is 5.92 Å². The average Bonchev–Trinajstić information content (AvgIpc) is 3.35. The van der Waals surface area contributed by atoms with Crippen LogP contribution < -0.4 is 14.8 Å². The first-order chi connectivity index (χ1) is 14.9. The van der Waals surface area contributed by atoms with Gasteiger partial charge in [-0.15, -0.1) is 0 Å². The number of nitrogens with zero attached hydrogens (tertiary/aromatic N) is 2. The fourth-order valence-electron chi connectivity index (χ4n) is 5.35. The second kappa shape index (κ2) is 8.40. The minimum atomic E-state index is -0.851. The van der Waals surface area contributed by atoms with Gasteiger partial charge in [0.25, 0.3) is 5.91 Å². The molecule has 0 bridgehead atoms. The molecule has 0 radical (unpaired) electrons. The van der Waals surface area contributed by atoms with Gasteiger partial charge in [0.15, 0.2) is 0 Å². The van der Waals surface area contributed by atoms with Crippen molar-refractivity contribution in [3.8, 4) is 11.5 Å². The fourth-order valence-corrected chi connectivity index (χ4v) is 5.35. The normalized spacial score (nSPS) is 28.2. The maximum absolute atomic E-state index is 13.3. The largest absolute Gasteiger partial charge is 0.497 e. The van der Waals surface area contributed by atoms with Crippen molar-refractivity contribution >= 4 is 17.8 Å². The molecule has 1 spiro atoms. The first kappa shape index (κ1) is 21.5. The first-order valence-corrected chi connectivity index (χ1v) is 11.1. The molecular weight excluding hydrogens is 398 g/mol. The Labute approximate surface area is 182 Å². The van der Waals surface area contributed by atoms with E-state index in [0.29, 0.717) is 24.5 Å². The predicted octanol–water partition coefficient (Wildman–Crippen LogP) is 2.87. The van der Waals surface area contributed by atoms with Crippen LogP contribution in [0.25, 0.3) is 0 Å². The lowest BCUT2D eigenvalue weighted by Gasteiger charge is -2.37. The third kappa shape index (κ3) is 3.62. The van der Waals surface area contributed by atoms with Crippen molar-refractivity contribution < 1.29 is 23.9 Å². The Balaban J connectivity index is 1.53. The molecule has 31 heavy (non-hydrogen) atoms. The van der Waals surface area contributed by atoms with Gasteiger partial charge in [0.2, 0.25) is 5.91 Å². The highest BCUT2D eigenvalue weighted by Crippen LogP contribution is 2.40. The van der Waals surface area contributed by atoms with Gasteiger partial charge in [0, 0.05) is 12.1 Å². The van der Waals surface area contributed by atoms with E-state index in [9.17, 15) is 14.4 Å². The van der Waals surface area contributed by atoms with Crippen LogP contribution in [0.1, 0.15) is 57.1 Å². The number of carbonyl (C=O) groups is 3. The Morgan fingerprint density at radius 1 is 1.16 bits per heavy atom. The zero-order valence-electron chi connectivity index (χ0n) is 18.5. The van der Waals surface area contributed by atoms with Crippen molar-refractivity contribution in [2.24, 2.45) is 5.92 Å². The van der Waals surface area contributed by atoms with Crippen molar-refractivity contribution in [3.05, 3.63) is 23.8 Å². The SMILES string of the molecule is COc1ccc(OC)c([C@@H]2CCCN2C(=O)CN2C(=O)N[C@]3(CCCC[C@@H]3C)C2=O)c1. The molecule has 1 N–H and O–H groups in total. The number of ether oxygens (including phenoxy) is 2. The monoisotopic (exact) mass is 429 g/mol. The summed E-state index contributed by atoms with van der Waals surface area (Å²) >= 11 is 0. The van der Waals surface area contributed by atoms with E-state index in [1.54, 1.807) is 19.1 Å². The average molecular weight is 430 g/mol. The molecule has 1 aromatic carbocycles. The number of hydrogen-bond donors (Lipinski definition) is 1. The Hall–Kier alpha value is -2.77. The first-order valence-electron chi connectivity index (χ1n) is 11.1. The number of carbonyl (C=O) groups excluding carboxylic acids is 3. The van der Waals surface area contributed by atoms with Crippen molar-refractivity contribution in [2.45, 2.75) is 57.0 Å². The van der Waals surface area contributed by atoms with Crippen LogP contribution >= 0.6 is 0 Å². The number of urea groups is 1. The Kier molecular flexibility index (Phi) is 5.81. The van der Waals surface area contributed by atoms with Crippen molar-refractivity contribution in [1.29, 1.82) is 0 Å². The Bertz CT molecular complexity index is 888. The summed E-state index contributed by atoms with van der Waals surface area (Å²) in [5.74, 6) is 0.968. The second-order valence-electron chi connectivity index (χ2n) is 8.79. The molecule has 1 aliphatic carbocycles. The van der Waals surface area contributed by atoms with E-state index in [-0.39, 0.29) is 30.3 Å². The molecule has 1 aromatic rings. The summed E-state index contributed by atoms with van der Waals surface area (Å²) in [4.78, 5) is 42.0. The van der Waals surface area contributed by atoms with Crippen LogP contribution in [-0.2, 0) is 9.59 Å². The summed E-state index contributed by atoms with van der Waals surface area (Å²) in [6.45, 7) is 2.35. The van der Waals surface area contributed by atoms with Gasteiger partial charge < -0.3 is 19.7 Å². The summed E-state index contributed by atoms with van der Waals surface area (Å²) in [5, 5.41) is 2.92. The molecule has 0 unspecified atom stereocenters. The number of methoxy groups -OCH3 is 2. The lowest BCUT2D eigenvalue weighted by molar-refractivity contribution is -0.141. The molecule has 0 aromatic heterocycles. The molecule has 4 rings (SSSR count). The molecule has 3 atom stereocenters. The summed E-state index contributed by atoms with van der Waals surface area (Å²) < 4.78 is 10.9. The van der Waals surface area contributed by atoms with E-state index in [2.05, 4.69) is 5.32 Å². The molecule has 1 saturated carbocycles. The van der Waals surface area contributed by atoms with Gasteiger partial charge in [0.05, 0.1) is 20.3 Å². The highest BCUT2D eigenvalue weighted by molar-refractivity contribution is 6.09. The summed E-state index contributed by atoms with van der Waals surface area (Å²) in [7, 11) is 3.20. The summed E-state index contributed by atoms with van der Waals surface area (Å²) in [5.41, 5.74) is 0.0260. The molecule has 3 aliphatic rings. The molecule has 2 heterocycles. The van der Waals surface area contributed by atoms with Gasteiger partial charge in [-0.1, -0.05) is 19.8 Å². The Morgan fingerprint density at radius 3 is 2.68 bits per heavy atom. The van der Waals surface area contributed by atoms with Gasteiger partial charge in [-0.3, -0.25) is 14.5 Å². The van der Waals surface area contributed by atoms with E-state index < -0.39 is 11.6 Å². The second-order valence-corrected chi connectivity index (χ2v) is 8.79. The number of imide groups is 1. The number of benzene rings is 1. The van der Waals surface area contributed by atoms with Gasteiger partial charge in [-0.25, -0.2) is 4.79 Å². The smallest absolute Gasteiger partial charge is 0.325 e. The molecule has 8 heteroatoms. The maximum atomic E-state index is 13.3. The Morgan fingerprint density at radius 2 is 1.97 bits per heavy atom. The van der Waals surface area contributed by atoms with Crippen LogP contribution in [0.5, 0.6) is 11.5 Å². The lowest BCUT2D eigenvalue weighted by atomic mass is 9.73. The van der Waals surface area contributed by atoms with E-state index in [1.807, 2.05) is 25.1 Å². The molecule has 168 valence electrons.